The van der Waals surface area contributed by atoms with Crippen molar-refractivity contribution in [3.63, 3.8) is 0 Å². The van der Waals surface area contributed by atoms with Gasteiger partial charge in [-0.2, -0.15) is 0 Å². The number of hydrogen-bond acceptors (Lipinski definition) is 4. The summed E-state index contributed by atoms with van der Waals surface area (Å²) in [5.74, 6) is 0.363. The van der Waals surface area contributed by atoms with Crippen LogP contribution in [0.4, 0.5) is 0 Å². The van der Waals surface area contributed by atoms with Crippen LogP contribution in [-0.4, -0.2) is 23.1 Å². The van der Waals surface area contributed by atoms with Gasteiger partial charge in [0.1, 0.15) is 17.3 Å². The maximum absolute atomic E-state index is 11.9. The SMILES string of the molecule is COC1=CC[C@@H](/C=C\C(=O)c2ccc(O)cc2O)C=C1. The van der Waals surface area contributed by atoms with Crippen molar-refractivity contribution in [2.75, 3.05) is 7.11 Å². The Bertz CT molecular complexity index is 596. The van der Waals surface area contributed by atoms with Gasteiger partial charge in [0.2, 0.25) is 0 Å². The Morgan fingerprint density at radius 1 is 1.40 bits per heavy atom. The number of carbonyl (C=O) groups is 1. The maximum Gasteiger partial charge on any atom is 0.189 e. The third-order valence-corrected chi connectivity index (χ3v) is 3.08. The van der Waals surface area contributed by atoms with E-state index in [1.165, 1.54) is 18.2 Å². The van der Waals surface area contributed by atoms with Gasteiger partial charge in [0, 0.05) is 6.07 Å². The quantitative estimate of drug-likeness (QED) is 0.653. The van der Waals surface area contributed by atoms with E-state index in [1.54, 1.807) is 13.2 Å². The molecule has 20 heavy (non-hydrogen) atoms. The van der Waals surface area contributed by atoms with E-state index in [0.29, 0.717) is 0 Å². The van der Waals surface area contributed by atoms with Gasteiger partial charge in [-0.1, -0.05) is 12.2 Å². The van der Waals surface area contributed by atoms with Crippen LogP contribution < -0.4 is 0 Å². The Hall–Kier alpha value is -2.49. The van der Waals surface area contributed by atoms with Crippen molar-refractivity contribution in [1.29, 1.82) is 0 Å². The molecule has 0 amide bonds. The van der Waals surface area contributed by atoms with Crippen molar-refractivity contribution in [1.82, 2.24) is 0 Å². The summed E-state index contributed by atoms with van der Waals surface area (Å²) in [6, 6.07) is 3.92. The fraction of sp³-hybridized carbons (Fsp3) is 0.188. The van der Waals surface area contributed by atoms with E-state index in [0.717, 1.165) is 18.2 Å². The molecule has 2 N–H and O–H groups in total. The Morgan fingerprint density at radius 3 is 2.80 bits per heavy atom. The van der Waals surface area contributed by atoms with Crippen LogP contribution in [-0.2, 0) is 4.74 Å². The largest absolute Gasteiger partial charge is 0.508 e. The number of aromatic hydroxyl groups is 2. The zero-order chi connectivity index (χ0) is 14.5. The average Bonchev–Trinajstić information content (AvgIpc) is 2.45. The van der Waals surface area contributed by atoms with E-state index in [2.05, 4.69) is 0 Å². The molecule has 1 aromatic carbocycles. The van der Waals surface area contributed by atoms with E-state index in [-0.39, 0.29) is 28.8 Å². The first-order valence-electron chi connectivity index (χ1n) is 6.27. The molecule has 0 saturated carbocycles. The second kappa shape index (κ2) is 6.10. The molecule has 0 heterocycles. The molecule has 4 heteroatoms. The monoisotopic (exact) mass is 272 g/mol. The van der Waals surface area contributed by atoms with Gasteiger partial charge in [0.05, 0.1) is 12.7 Å². The van der Waals surface area contributed by atoms with Crippen LogP contribution in [0.1, 0.15) is 16.8 Å². The van der Waals surface area contributed by atoms with Crippen molar-refractivity contribution in [3.05, 3.63) is 59.9 Å². The molecule has 0 unspecified atom stereocenters. The lowest BCUT2D eigenvalue weighted by molar-refractivity contribution is 0.104. The van der Waals surface area contributed by atoms with E-state index < -0.39 is 0 Å². The van der Waals surface area contributed by atoms with E-state index in [4.69, 9.17) is 4.74 Å². The smallest absolute Gasteiger partial charge is 0.189 e. The van der Waals surface area contributed by atoms with Crippen LogP contribution in [0.25, 0.3) is 0 Å². The number of ketones is 1. The Balaban J connectivity index is 2.03. The van der Waals surface area contributed by atoms with Crippen molar-refractivity contribution in [3.8, 4) is 11.5 Å². The Kier molecular flexibility index (Phi) is 4.25. The molecule has 1 aliphatic rings. The van der Waals surface area contributed by atoms with Crippen molar-refractivity contribution in [2.24, 2.45) is 5.92 Å². The van der Waals surface area contributed by atoms with Crippen LogP contribution in [0, 0.1) is 5.92 Å². The van der Waals surface area contributed by atoms with Crippen LogP contribution in [0.3, 0.4) is 0 Å². The van der Waals surface area contributed by atoms with Gasteiger partial charge in [-0.3, -0.25) is 4.79 Å². The number of methoxy groups -OCH3 is 1. The van der Waals surface area contributed by atoms with Gasteiger partial charge >= 0.3 is 0 Å². The molecule has 0 radical (unpaired) electrons. The summed E-state index contributed by atoms with van der Waals surface area (Å²) in [4.78, 5) is 11.9. The van der Waals surface area contributed by atoms with Crippen LogP contribution in [0.15, 0.2) is 54.3 Å². The minimum atomic E-state index is -0.294. The molecule has 0 spiro atoms. The van der Waals surface area contributed by atoms with Gasteiger partial charge in [0.25, 0.3) is 0 Å². The highest BCUT2D eigenvalue weighted by Crippen LogP contribution is 2.24. The fourth-order valence-corrected chi connectivity index (χ4v) is 1.94. The summed E-state index contributed by atoms with van der Waals surface area (Å²) >= 11 is 0. The number of rotatable bonds is 4. The van der Waals surface area contributed by atoms with Gasteiger partial charge in [-0.05, 0) is 42.7 Å². The number of hydrogen-bond donors (Lipinski definition) is 2. The molecular formula is C16H16O4. The number of benzene rings is 1. The molecule has 0 fully saturated rings. The minimum Gasteiger partial charge on any atom is -0.508 e. The predicted molar refractivity (Wildman–Crippen MR) is 75.6 cm³/mol. The second-order valence-corrected chi connectivity index (χ2v) is 4.49. The third-order valence-electron chi connectivity index (χ3n) is 3.08. The molecule has 1 atom stereocenters. The first-order chi connectivity index (χ1) is 9.60. The van der Waals surface area contributed by atoms with E-state index in [1.807, 2.05) is 18.2 Å². The summed E-state index contributed by atoms with van der Waals surface area (Å²) < 4.78 is 5.09. The molecular weight excluding hydrogens is 256 g/mol. The van der Waals surface area contributed by atoms with Gasteiger partial charge < -0.3 is 14.9 Å². The lowest BCUT2D eigenvalue weighted by Crippen LogP contribution is -2.00. The standard InChI is InChI=1S/C16H16O4/c1-20-13-6-2-11(3-7-13)4-9-15(18)14-8-5-12(17)10-16(14)19/h2,4-11,17,19H,3H2,1H3/b9-4-/t11-/m0/s1. The molecule has 0 aliphatic heterocycles. The van der Waals surface area contributed by atoms with E-state index in [9.17, 15) is 15.0 Å². The zero-order valence-corrected chi connectivity index (χ0v) is 11.1. The first-order valence-corrected chi connectivity index (χ1v) is 6.27. The summed E-state index contributed by atoms with van der Waals surface area (Å²) in [5.41, 5.74) is 0.173. The van der Waals surface area contributed by atoms with Crippen LogP contribution in [0.2, 0.25) is 0 Å². The molecule has 2 rings (SSSR count). The van der Waals surface area contributed by atoms with Crippen LogP contribution in [0.5, 0.6) is 11.5 Å². The predicted octanol–water partition coefficient (Wildman–Crippen LogP) is 2.94. The summed E-state index contributed by atoms with van der Waals surface area (Å²) in [6.45, 7) is 0. The molecule has 104 valence electrons. The lowest BCUT2D eigenvalue weighted by atomic mass is 9.98. The highest BCUT2D eigenvalue weighted by atomic mass is 16.5. The molecule has 4 nitrogen and oxygen atoms in total. The van der Waals surface area contributed by atoms with Gasteiger partial charge in [-0.25, -0.2) is 0 Å². The summed E-state index contributed by atoms with van der Waals surface area (Å²) in [6.07, 6.45) is 9.77. The molecule has 0 saturated heterocycles. The number of phenols is 2. The number of phenolic OH excluding ortho intramolecular Hbond substituents is 2. The molecule has 1 aromatic rings. The molecule has 0 aromatic heterocycles. The highest BCUT2D eigenvalue weighted by Gasteiger charge is 2.10. The average molecular weight is 272 g/mol. The minimum absolute atomic E-state index is 0.0736. The number of ether oxygens (including phenoxy) is 1. The summed E-state index contributed by atoms with van der Waals surface area (Å²) in [7, 11) is 1.61. The van der Waals surface area contributed by atoms with Crippen molar-refractivity contribution < 1.29 is 19.7 Å². The molecule has 0 bridgehead atoms. The second-order valence-electron chi connectivity index (χ2n) is 4.49. The fourth-order valence-electron chi connectivity index (χ4n) is 1.94. The number of allylic oxidation sites excluding steroid dienone is 5. The normalized spacial score (nSPS) is 18.1. The van der Waals surface area contributed by atoms with Crippen LogP contribution >= 0.6 is 0 Å². The van der Waals surface area contributed by atoms with Crippen molar-refractivity contribution in [2.45, 2.75) is 6.42 Å². The van der Waals surface area contributed by atoms with Crippen molar-refractivity contribution >= 4 is 5.78 Å². The lowest BCUT2D eigenvalue weighted by Gasteiger charge is -2.11. The molecule has 1 aliphatic carbocycles. The number of carbonyl (C=O) groups excluding carboxylic acids is 1. The van der Waals surface area contributed by atoms with Gasteiger partial charge in [0.15, 0.2) is 5.78 Å². The zero-order valence-electron chi connectivity index (χ0n) is 11.1. The highest BCUT2D eigenvalue weighted by molar-refractivity contribution is 6.06. The van der Waals surface area contributed by atoms with E-state index >= 15 is 0 Å². The Morgan fingerprint density at radius 2 is 2.20 bits per heavy atom. The third kappa shape index (κ3) is 3.29. The summed E-state index contributed by atoms with van der Waals surface area (Å²) in [5, 5.41) is 18.8. The van der Waals surface area contributed by atoms with Gasteiger partial charge in [-0.15, -0.1) is 0 Å². The topological polar surface area (TPSA) is 66.8 Å². The maximum atomic E-state index is 11.9. The first kappa shape index (κ1) is 13.9. The Labute approximate surface area is 117 Å².